The van der Waals surface area contributed by atoms with E-state index >= 15 is 0 Å². The molecule has 42 valence electrons. The van der Waals surface area contributed by atoms with Crippen molar-refractivity contribution in [3.8, 4) is 0 Å². The molecule has 0 aliphatic rings. The van der Waals surface area contributed by atoms with Crippen LogP contribution in [0, 0.1) is 0 Å². The first-order valence-corrected chi connectivity index (χ1v) is 3.31. The maximum atomic E-state index is 10.4. The van der Waals surface area contributed by atoms with Crippen molar-refractivity contribution in [2.24, 2.45) is 4.52 Å². The first-order chi connectivity index (χ1) is 3.18. The van der Waals surface area contributed by atoms with Gasteiger partial charge in [-0.25, -0.2) is 4.52 Å². The highest BCUT2D eigenvalue weighted by molar-refractivity contribution is 7.49. The minimum Gasteiger partial charge on any atom is -0.799 e. The van der Waals surface area contributed by atoms with E-state index in [1.54, 1.807) is 14.1 Å². The minimum absolute atomic E-state index is 1.52. The fraction of sp³-hybridized carbons (Fsp3) is 1.00. The smallest absolute Gasteiger partial charge is 0.00484 e. The summed E-state index contributed by atoms with van der Waals surface area (Å²) in [5, 5.41) is 0. The molecule has 0 amide bonds. The zero-order valence-electron chi connectivity index (χ0n) is 4.25. The second kappa shape index (κ2) is 3.45. The number of hydrogen-bond acceptors (Lipinski definition) is 3. The lowest BCUT2D eigenvalue weighted by atomic mass is 11.3. The molecule has 0 aromatic rings. The van der Waals surface area contributed by atoms with E-state index in [1.807, 2.05) is 0 Å². The van der Waals surface area contributed by atoms with Gasteiger partial charge in [-0.1, -0.05) is 0 Å². The molecule has 3 nitrogen and oxygen atoms in total. The van der Waals surface area contributed by atoms with E-state index < -0.39 is 8.45 Å². The van der Waals surface area contributed by atoms with Gasteiger partial charge in [0, 0.05) is 8.45 Å². The van der Waals surface area contributed by atoms with Crippen molar-refractivity contribution in [3.05, 3.63) is 0 Å². The van der Waals surface area contributed by atoms with Crippen LogP contribution >= 0.6 is 17.5 Å². The fourth-order valence-corrected chi connectivity index (χ4v) is 0.805. The van der Waals surface area contributed by atoms with Crippen LogP contribution in [0.2, 0.25) is 0 Å². The van der Waals surface area contributed by atoms with Crippen LogP contribution in [0.1, 0.15) is 0 Å². The molecule has 0 N–H and O–H groups in total. The van der Waals surface area contributed by atoms with E-state index in [0.29, 0.717) is 0 Å². The first-order valence-electron chi connectivity index (χ1n) is 1.70. The van der Waals surface area contributed by atoms with Gasteiger partial charge in [0.05, 0.1) is 0 Å². The van der Waals surface area contributed by atoms with Crippen molar-refractivity contribution in [1.82, 2.24) is 4.67 Å². The van der Waals surface area contributed by atoms with Gasteiger partial charge >= 0.3 is 0 Å². The van der Waals surface area contributed by atoms with Gasteiger partial charge in [-0.2, -0.15) is 0 Å². The quantitative estimate of drug-likeness (QED) is 0.518. The third-order valence-corrected chi connectivity index (χ3v) is 1.80. The predicted octanol–water partition coefficient (Wildman–Crippen LogP) is 0.462. The van der Waals surface area contributed by atoms with Gasteiger partial charge in [-0.15, -0.1) is 0 Å². The Labute approximate surface area is 46.6 Å². The van der Waals surface area contributed by atoms with E-state index in [-0.39, 0.29) is 0 Å². The maximum absolute atomic E-state index is 10.4. The highest BCUT2D eigenvalue weighted by Gasteiger charge is 1.86. The Morgan fingerprint density at radius 3 is 2.14 bits per heavy atom. The first kappa shape index (κ1) is 7.45. The van der Waals surface area contributed by atoms with Crippen molar-refractivity contribution >= 4 is 17.5 Å². The monoisotopic (exact) mass is 137 g/mol. The summed E-state index contributed by atoms with van der Waals surface area (Å²) < 4.78 is 4.84. The van der Waals surface area contributed by atoms with E-state index in [9.17, 15) is 4.89 Å². The molecule has 1 unspecified atom stereocenters. The molecule has 0 saturated heterocycles. The molecule has 0 radical (unpaired) electrons. The molecule has 0 rings (SSSR count). The minimum atomic E-state index is -1.52. The molecule has 0 heterocycles. The third kappa shape index (κ3) is 3.07. The molecular weight excluding hydrogens is 130 g/mol. The van der Waals surface area contributed by atoms with Crippen LogP contribution in [0.5, 0.6) is 0 Å². The predicted molar refractivity (Wildman–Crippen MR) is 31.3 cm³/mol. The van der Waals surface area contributed by atoms with Gasteiger partial charge < -0.3 is 4.89 Å². The van der Waals surface area contributed by atoms with E-state index in [1.165, 1.54) is 4.67 Å². The van der Waals surface area contributed by atoms with Gasteiger partial charge in [0.2, 0.25) is 0 Å². The van der Waals surface area contributed by atoms with Gasteiger partial charge in [0.1, 0.15) is 0 Å². The van der Waals surface area contributed by atoms with Gasteiger partial charge in [-0.3, -0.25) is 4.67 Å². The Kier molecular flexibility index (Phi) is 3.67. The van der Waals surface area contributed by atoms with Gasteiger partial charge in [0.15, 0.2) is 0 Å². The molecule has 5 heteroatoms. The summed E-state index contributed by atoms with van der Waals surface area (Å²) in [6, 6.07) is 0. The van der Waals surface area contributed by atoms with Crippen LogP contribution in [-0.2, 0) is 0 Å². The second-order valence-corrected chi connectivity index (χ2v) is 3.31. The molecule has 0 bridgehead atoms. The zero-order chi connectivity index (χ0) is 5.86. The standard InChI is InChI=1S/C2H7N2OP2/c1-4(2)7(5)3-6/h6H,1-2H3/q-1. The summed E-state index contributed by atoms with van der Waals surface area (Å²) >= 11 is 0. The van der Waals surface area contributed by atoms with E-state index in [2.05, 4.69) is 13.5 Å². The van der Waals surface area contributed by atoms with E-state index in [4.69, 9.17) is 0 Å². The average Bonchev–Trinajstić information content (AvgIpc) is 1.65. The summed E-state index contributed by atoms with van der Waals surface area (Å²) in [6.45, 7) is 0. The Morgan fingerprint density at radius 2 is 2.14 bits per heavy atom. The lowest BCUT2D eigenvalue weighted by Gasteiger charge is -2.23. The van der Waals surface area contributed by atoms with Crippen LogP contribution in [0.15, 0.2) is 4.52 Å². The summed E-state index contributed by atoms with van der Waals surface area (Å²) in [6.07, 6.45) is 0. The fourth-order valence-electron chi connectivity index (χ4n) is 0.0894. The SMILES string of the molecule is CN(C)P([O-])N=P. The van der Waals surface area contributed by atoms with Gasteiger partial charge in [-0.05, 0) is 23.1 Å². The Morgan fingerprint density at radius 1 is 1.71 bits per heavy atom. The molecular formula is C2H7N2OP2-. The number of rotatable bonds is 2. The normalized spacial score (nSPS) is 14.3. The van der Waals surface area contributed by atoms with Crippen molar-refractivity contribution in [3.63, 3.8) is 0 Å². The number of nitrogens with zero attached hydrogens (tertiary/aromatic N) is 2. The third-order valence-electron chi connectivity index (χ3n) is 0.428. The molecule has 0 aromatic heterocycles. The van der Waals surface area contributed by atoms with Crippen molar-refractivity contribution in [2.45, 2.75) is 0 Å². The maximum Gasteiger partial charge on any atom is 0.00484 e. The molecule has 0 aliphatic heterocycles. The zero-order valence-corrected chi connectivity index (χ0v) is 6.14. The molecule has 0 saturated carbocycles. The average molecular weight is 137 g/mol. The second-order valence-electron chi connectivity index (χ2n) is 1.20. The summed E-state index contributed by atoms with van der Waals surface area (Å²) in [5.74, 6) is 0. The van der Waals surface area contributed by atoms with Crippen molar-refractivity contribution < 1.29 is 4.89 Å². The van der Waals surface area contributed by atoms with Crippen LogP contribution in [-0.4, -0.2) is 18.8 Å². The summed E-state index contributed by atoms with van der Waals surface area (Å²) in [4.78, 5) is 10.4. The van der Waals surface area contributed by atoms with Crippen molar-refractivity contribution in [1.29, 1.82) is 0 Å². The lowest BCUT2D eigenvalue weighted by molar-refractivity contribution is -0.168. The largest absolute Gasteiger partial charge is 0.799 e. The van der Waals surface area contributed by atoms with Crippen molar-refractivity contribution in [2.75, 3.05) is 14.1 Å². The number of hydrogen-bond donors (Lipinski definition) is 0. The molecule has 1 atom stereocenters. The highest BCUT2D eigenvalue weighted by Crippen LogP contribution is 2.28. The van der Waals surface area contributed by atoms with Crippen LogP contribution in [0.4, 0.5) is 0 Å². The summed E-state index contributed by atoms with van der Waals surface area (Å²) in [5.41, 5.74) is 0. The van der Waals surface area contributed by atoms with Crippen LogP contribution in [0.3, 0.4) is 0 Å². The van der Waals surface area contributed by atoms with Crippen LogP contribution < -0.4 is 4.89 Å². The Balaban J connectivity index is 3.33. The van der Waals surface area contributed by atoms with E-state index in [0.717, 1.165) is 0 Å². The molecule has 0 spiro atoms. The van der Waals surface area contributed by atoms with Crippen LogP contribution in [0.25, 0.3) is 0 Å². The Hall–Kier alpha value is 0.450. The lowest BCUT2D eigenvalue weighted by Crippen LogP contribution is -2.10. The molecule has 0 fully saturated rings. The van der Waals surface area contributed by atoms with Gasteiger partial charge in [0.25, 0.3) is 0 Å². The Bertz CT molecular complexity index is 66.7. The molecule has 0 aliphatic carbocycles. The highest BCUT2D eigenvalue weighted by atomic mass is 31.2. The summed E-state index contributed by atoms with van der Waals surface area (Å²) in [7, 11) is 4.64. The topological polar surface area (TPSA) is 38.7 Å². The molecule has 0 aromatic carbocycles. The molecule has 7 heavy (non-hydrogen) atoms.